The highest BCUT2D eigenvalue weighted by Gasteiger charge is 2.18. The topological polar surface area (TPSA) is 76.7 Å². The highest BCUT2D eigenvalue weighted by molar-refractivity contribution is 5.97. The Morgan fingerprint density at radius 2 is 1.59 bits per heavy atom. The summed E-state index contributed by atoms with van der Waals surface area (Å²) in [5.74, 6) is 0.580. The third-order valence-electron chi connectivity index (χ3n) is 5.38. The smallest absolute Gasteiger partial charge is 0.251 e. The summed E-state index contributed by atoms with van der Waals surface area (Å²) in [4.78, 5) is 25.1. The average Bonchev–Trinajstić information content (AvgIpc) is 3.31. The Balaban J connectivity index is 1.31. The Morgan fingerprint density at radius 3 is 2.38 bits per heavy atom. The first kappa shape index (κ1) is 21.4. The molecule has 32 heavy (non-hydrogen) atoms. The Hall–Kier alpha value is -3.80. The SMILES string of the molecule is O=C(CNC(=O)c1ccc2c(c1)OCO2)NC(CCCc1ccccc1)c1ccccc1. The van der Waals surface area contributed by atoms with E-state index in [1.54, 1.807) is 18.2 Å². The fraction of sp³-hybridized carbons (Fsp3) is 0.231. The molecule has 0 aromatic heterocycles. The van der Waals surface area contributed by atoms with Crippen molar-refractivity contribution in [3.8, 4) is 11.5 Å². The molecule has 1 aliphatic rings. The molecule has 0 fully saturated rings. The van der Waals surface area contributed by atoms with Gasteiger partial charge in [-0.15, -0.1) is 0 Å². The molecule has 1 heterocycles. The Morgan fingerprint density at radius 1 is 0.875 bits per heavy atom. The fourth-order valence-electron chi connectivity index (χ4n) is 3.71. The van der Waals surface area contributed by atoms with E-state index in [9.17, 15) is 9.59 Å². The van der Waals surface area contributed by atoms with Gasteiger partial charge in [0.1, 0.15) is 0 Å². The van der Waals surface area contributed by atoms with Crippen LogP contribution in [0.2, 0.25) is 0 Å². The van der Waals surface area contributed by atoms with Crippen molar-refractivity contribution in [2.45, 2.75) is 25.3 Å². The van der Waals surface area contributed by atoms with Crippen molar-refractivity contribution < 1.29 is 19.1 Å². The molecule has 1 aliphatic heterocycles. The maximum absolute atomic E-state index is 12.6. The van der Waals surface area contributed by atoms with Crippen molar-refractivity contribution in [2.24, 2.45) is 0 Å². The summed E-state index contributed by atoms with van der Waals surface area (Å²) in [5.41, 5.74) is 2.75. The standard InChI is InChI=1S/C26H26N2O4/c29-25(17-27-26(30)21-14-15-23-24(16-21)32-18-31-23)28-22(20-11-5-2-6-12-20)13-7-10-19-8-3-1-4-9-19/h1-6,8-9,11-12,14-16,22H,7,10,13,17-18H2,(H,27,30)(H,28,29). The maximum atomic E-state index is 12.6. The van der Waals surface area contributed by atoms with Crippen molar-refractivity contribution >= 4 is 11.8 Å². The van der Waals surface area contributed by atoms with Gasteiger partial charge in [0.25, 0.3) is 5.91 Å². The van der Waals surface area contributed by atoms with Gasteiger partial charge in [0, 0.05) is 5.56 Å². The number of ether oxygens (including phenoxy) is 2. The van der Waals surface area contributed by atoms with Crippen LogP contribution in [0, 0.1) is 0 Å². The molecule has 4 rings (SSSR count). The third-order valence-corrected chi connectivity index (χ3v) is 5.38. The number of carbonyl (C=O) groups is 2. The molecule has 0 aliphatic carbocycles. The van der Waals surface area contributed by atoms with Gasteiger partial charge in [-0.2, -0.15) is 0 Å². The van der Waals surface area contributed by atoms with E-state index >= 15 is 0 Å². The second kappa shape index (κ2) is 10.5. The minimum Gasteiger partial charge on any atom is -0.454 e. The number of amides is 2. The quantitative estimate of drug-likeness (QED) is 0.538. The predicted octanol–water partition coefficient (Wildman–Crippen LogP) is 4.03. The molecule has 0 radical (unpaired) electrons. The Labute approximate surface area is 187 Å². The number of hydrogen-bond donors (Lipinski definition) is 2. The zero-order chi connectivity index (χ0) is 22.2. The summed E-state index contributed by atoms with van der Waals surface area (Å²) in [6.45, 7) is 0.0449. The van der Waals surface area contributed by atoms with Gasteiger partial charge in [-0.05, 0) is 48.6 Å². The largest absolute Gasteiger partial charge is 0.454 e. The maximum Gasteiger partial charge on any atom is 0.251 e. The van der Waals surface area contributed by atoms with Crippen LogP contribution in [0.4, 0.5) is 0 Å². The van der Waals surface area contributed by atoms with Gasteiger partial charge in [-0.1, -0.05) is 60.7 Å². The molecule has 0 saturated heterocycles. The molecule has 1 atom stereocenters. The Kier molecular flexibility index (Phi) is 7.02. The van der Waals surface area contributed by atoms with E-state index in [4.69, 9.17) is 9.47 Å². The molecule has 1 unspecified atom stereocenters. The van der Waals surface area contributed by atoms with Crippen LogP contribution in [-0.4, -0.2) is 25.2 Å². The number of hydrogen-bond acceptors (Lipinski definition) is 4. The van der Waals surface area contributed by atoms with Crippen molar-refractivity contribution in [1.82, 2.24) is 10.6 Å². The molecule has 6 nitrogen and oxygen atoms in total. The number of benzene rings is 3. The lowest BCUT2D eigenvalue weighted by atomic mass is 9.99. The highest BCUT2D eigenvalue weighted by atomic mass is 16.7. The van der Waals surface area contributed by atoms with E-state index in [-0.39, 0.29) is 31.2 Å². The average molecular weight is 431 g/mol. The van der Waals surface area contributed by atoms with E-state index < -0.39 is 0 Å². The van der Waals surface area contributed by atoms with E-state index in [1.165, 1.54) is 5.56 Å². The summed E-state index contributed by atoms with van der Waals surface area (Å²) in [6.07, 6.45) is 2.69. The molecule has 164 valence electrons. The number of fused-ring (bicyclic) bond motifs is 1. The molecule has 0 saturated carbocycles. The zero-order valence-electron chi connectivity index (χ0n) is 17.8. The van der Waals surface area contributed by atoms with Crippen LogP contribution in [0.5, 0.6) is 11.5 Å². The summed E-state index contributed by atoms with van der Waals surface area (Å²) in [7, 11) is 0. The first-order valence-electron chi connectivity index (χ1n) is 10.7. The molecule has 2 amide bonds. The van der Waals surface area contributed by atoms with Gasteiger partial charge in [-0.25, -0.2) is 0 Å². The van der Waals surface area contributed by atoms with Crippen LogP contribution >= 0.6 is 0 Å². The van der Waals surface area contributed by atoms with E-state index in [0.717, 1.165) is 24.8 Å². The number of nitrogens with one attached hydrogen (secondary N) is 2. The second-order valence-corrected chi connectivity index (χ2v) is 7.66. The molecular weight excluding hydrogens is 404 g/mol. The number of carbonyl (C=O) groups excluding carboxylic acids is 2. The minimum absolute atomic E-state index is 0.102. The number of aryl methyl sites for hydroxylation is 1. The normalized spacial score (nSPS) is 12.8. The monoisotopic (exact) mass is 430 g/mol. The lowest BCUT2D eigenvalue weighted by Crippen LogP contribution is -2.38. The summed E-state index contributed by atoms with van der Waals surface area (Å²) < 4.78 is 10.6. The Bertz CT molecular complexity index is 1050. The van der Waals surface area contributed by atoms with Gasteiger partial charge in [0.2, 0.25) is 12.7 Å². The molecular formula is C26H26N2O4. The van der Waals surface area contributed by atoms with Crippen LogP contribution in [0.3, 0.4) is 0 Å². The number of rotatable bonds is 9. The van der Waals surface area contributed by atoms with Crippen LogP contribution in [0.15, 0.2) is 78.9 Å². The van der Waals surface area contributed by atoms with Gasteiger partial charge in [-0.3, -0.25) is 9.59 Å². The van der Waals surface area contributed by atoms with Crippen LogP contribution in [0.1, 0.15) is 40.4 Å². The van der Waals surface area contributed by atoms with Crippen LogP contribution in [-0.2, 0) is 11.2 Å². The van der Waals surface area contributed by atoms with Gasteiger partial charge < -0.3 is 20.1 Å². The van der Waals surface area contributed by atoms with Gasteiger partial charge in [0.05, 0.1) is 12.6 Å². The van der Waals surface area contributed by atoms with Crippen molar-refractivity contribution in [2.75, 3.05) is 13.3 Å². The van der Waals surface area contributed by atoms with Crippen LogP contribution < -0.4 is 20.1 Å². The van der Waals surface area contributed by atoms with Crippen molar-refractivity contribution in [1.29, 1.82) is 0 Å². The first-order valence-corrected chi connectivity index (χ1v) is 10.7. The van der Waals surface area contributed by atoms with Crippen molar-refractivity contribution in [3.05, 3.63) is 95.6 Å². The van der Waals surface area contributed by atoms with Gasteiger partial charge in [0.15, 0.2) is 11.5 Å². The molecule has 3 aromatic carbocycles. The van der Waals surface area contributed by atoms with E-state index in [0.29, 0.717) is 17.1 Å². The predicted molar refractivity (Wildman–Crippen MR) is 122 cm³/mol. The molecule has 3 aromatic rings. The first-order chi connectivity index (χ1) is 15.7. The summed E-state index contributed by atoms with van der Waals surface area (Å²) in [5, 5.41) is 5.75. The van der Waals surface area contributed by atoms with E-state index in [2.05, 4.69) is 22.8 Å². The molecule has 0 bridgehead atoms. The summed E-state index contributed by atoms with van der Waals surface area (Å²) >= 11 is 0. The summed E-state index contributed by atoms with van der Waals surface area (Å²) in [6, 6.07) is 25.1. The van der Waals surface area contributed by atoms with Crippen molar-refractivity contribution in [3.63, 3.8) is 0 Å². The third kappa shape index (κ3) is 5.66. The second-order valence-electron chi connectivity index (χ2n) is 7.66. The van der Waals surface area contributed by atoms with Gasteiger partial charge >= 0.3 is 0 Å². The molecule has 0 spiro atoms. The zero-order valence-corrected chi connectivity index (χ0v) is 17.8. The fourth-order valence-corrected chi connectivity index (χ4v) is 3.71. The minimum atomic E-state index is -0.334. The molecule has 6 heteroatoms. The lowest BCUT2D eigenvalue weighted by molar-refractivity contribution is -0.120. The lowest BCUT2D eigenvalue weighted by Gasteiger charge is -2.19. The van der Waals surface area contributed by atoms with E-state index in [1.807, 2.05) is 48.5 Å². The molecule has 2 N–H and O–H groups in total. The van der Waals surface area contributed by atoms with Crippen LogP contribution in [0.25, 0.3) is 0 Å². The highest BCUT2D eigenvalue weighted by Crippen LogP contribution is 2.32.